The second-order valence-electron chi connectivity index (χ2n) is 4.44. The molecule has 0 aromatic carbocycles. The molecule has 4 heteroatoms. The summed E-state index contributed by atoms with van der Waals surface area (Å²) in [7, 11) is 0. The Hall–Kier alpha value is -1.89. The zero-order valence-electron chi connectivity index (χ0n) is 10.5. The largest absolute Gasteiger partial charge is 0.397 e. The molecule has 0 saturated heterocycles. The molecule has 1 atom stereocenters. The second kappa shape index (κ2) is 5.44. The molecule has 17 heavy (non-hydrogen) atoms. The zero-order valence-corrected chi connectivity index (χ0v) is 10.5. The summed E-state index contributed by atoms with van der Waals surface area (Å²) in [6.07, 6.45) is 7.49. The molecule has 0 fully saturated rings. The fraction of sp³-hybridized carbons (Fsp3) is 0.462. The highest BCUT2D eigenvalue weighted by molar-refractivity contribution is 5.94. The maximum Gasteiger partial charge on any atom is 0.268 e. The number of terminal acetylenes is 1. The first-order valence-corrected chi connectivity index (χ1v) is 5.67. The van der Waals surface area contributed by atoms with Gasteiger partial charge >= 0.3 is 0 Å². The lowest BCUT2D eigenvalue weighted by molar-refractivity contribution is 0.0930. The third-order valence-corrected chi connectivity index (χ3v) is 2.46. The highest BCUT2D eigenvalue weighted by Gasteiger charge is 2.16. The predicted octanol–water partition coefficient (Wildman–Crippen LogP) is 1.79. The van der Waals surface area contributed by atoms with Crippen molar-refractivity contribution in [1.29, 1.82) is 0 Å². The van der Waals surface area contributed by atoms with Crippen molar-refractivity contribution in [3.05, 3.63) is 18.0 Å². The van der Waals surface area contributed by atoms with Crippen molar-refractivity contribution in [2.75, 3.05) is 5.73 Å². The lowest BCUT2D eigenvalue weighted by Crippen LogP contribution is -2.33. The molecule has 1 heterocycles. The molecule has 0 bridgehead atoms. The van der Waals surface area contributed by atoms with E-state index in [1.165, 1.54) is 0 Å². The Morgan fingerprint density at radius 2 is 2.24 bits per heavy atom. The highest BCUT2D eigenvalue weighted by Crippen LogP contribution is 2.16. The fourth-order valence-corrected chi connectivity index (χ4v) is 1.64. The molecule has 1 aromatic rings. The molecule has 92 valence electrons. The van der Waals surface area contributed by atoms with Gasteiger partial charge in [-0.3, -0.25) is 4.79 Å². The van der Waals surface area contributed by atoms with Crippen LogP contribution in [0, 0.1) is 12.3 Å². The normalized spacial score (nSPS) is 12.2. The van der Waals surface area contributed by atoms with Crippen molar-refractivity contribution in [3.8, 4) is 12.3 Å². The number of nitrogens with zero attached hydrogens (tertiary/aromatic N) is 1. The van der Waals surface area contributed by atoms with Gasteiger partial charge in [-0.25, -0.2) is 0 Å². The number of amides is 1. The van der Waals surface area contributed by atoms with Crippen LogP contribution in [0.2, 0.25) is 0 Å². The molecule has 1 amide bonds. The van der Waals surface area contributed by atoms with Crippen molar-refractivity contribution >= 4 is 11.6 Å². The number of anilines is 1. The Morgan fingerprint density at radius 3 is 2.76 bits per heavy atom. The van der Waals surface area contributed by atoms with Gasteiger partial charge in [0.15, 0.2) is 0 Å². The van der Waals surface area contributed by atoms with E-state index in [4.69, 9.17) is 12.2 Å². The van der Waals surface area contributed by atoms with E-state index in [0.29, 0.717) is 17.8 Å². The van der Waals surface area contributed by atoms with E-state index in [-0.39, 0.29) is 18.0 Å². The van der Waals surface area contributed by atoms with Gasteiger partial charge in [-0.1, -0.05) is 0 Å². The van der Waals surface area contributed by atoms with Crippen LogP contribution in [-0.2, 0) is 0 Å². The highest BCUT2D eigenvalue weighted by atomic mass is 16.2. The topological polar surface area (TPSA) is 60.1 Å². The first-order valence-electron chi connectivity index (χ1n) is 5.67. The summed E-state index contributed by atoms with van der Waals surface area (Å²) in [6, 6.07) is 1.83. The van der Waals surface area contributed by atoms with Gasteiger partial charge in [-0.05, 0) is 26.8 Å². The number of hydrogen-bond acceptors (Lipinski definition) is 2. The summed E-state index contributed by atoms with van der Waals surface area (Å²) in [5.41, 5.74) is 6.87. The third kappa shape index (κ3) is 3.28. The Morgan fingerprint density at radius 1 is 1.59 bits per heavy atom. The van der Waals surface area contributed by atoms with Gasteiger partial charge < -0.3 is 15.6 Å². The number of rotatable bonds is 4. The van der Waals surface area contributed by atoms with Gasteiger partial charge in [0.2, 0.25) is 0 Å². The quantitative estimate of drug-likeness (QED) is 0.779. The van der Waals surface area contributed by atoms with Crippen LogP contribution in [0.3, 0.4) is 0 Å². The predicted molar refractivity (Wildman–Crippen MR) is 69.6 cm³/mol. The first kappa shape index (κ1) is 13.2. The number of nitrogens with two attached hydrogens (primary N) is 1. The van der Waals surface area contributed by atoms with Gasteiger partial charge in [0, 0.05) is 24.7 Å². The summed E-state index contributed by atoms with van der Waals surface area (Å²) >= 11 is 0. The number of carbonyl (C=O) groups is 1. The molecule has 3 N–H and O–H groups in total. The average molecular weight is 233 g/mol. The summed E-state index contributed by atoms with van der Waals surface area (Å²) < 4.78 is 1.85. The number of aromatic nitrogens is 1. The number of hydrogen-bond donors (Lipinski definition) is 2. The molecule has 0 aliphatic rings. The number of carbonyl (C=O) groups excluding carboxylic acids is 1. The minimum Gasteiger partial charge on any atom is -0.397 e. The van der Waals surface area contributed by atoms with E-state index in [1.54, 1.807) is 12.3 Å². The molecule has 0 spiro atoms. The molecular weight excluding hydrogens is 214 g/mol. The monoisotopic (exact) mass is 233 g/mol. The Kier molecular flexibility index (Phi) is 4.22. The molecular formula is C13H19N3O. The van der Waals surface area contributed by atoms with Gasteiger partial charge in [0.05, 0.1) is 5.69 Å². The SMILES string of the molecule is C#CCC(C)NC(=O)c1cc(N)cn1C(C)C. The van der Waals surface area contributed by atoms with E-state index in [9.17, 15) is 4.79 Å². The van der Waals surface area contributed by atoms with E-state index in [1.807, 2.05) is 25.3 Å². The summed E-state index contributed by atoms with van der Waals surface area (Å²) in [6.45, 7) is 5.88. The van der Waals surface area contributed by atoms with Gasteiger partial charge in [0.25, 0.3) is 5.91 Å². The van der Waals surface area contributed by atoms with E-state index in [0.717, 1.165) is 0 Å². The Bertz CT molecular complexity index is 440. The molecule has 1 aromatic heterocycles. The molecule has 4 nitrogen and oxygen atoms in total. The third-order valence-electron chi connectivity index (χ3n) is 2.46. The van der Waals surface area contributed by atoms with Gasteiger partial charge in [-0.15, -0.1) is 12.3 Å². The molecule has 0 aliphatic carbocycles. The van der Waals surface area contributed by atoms with E-state index in [2.05, 4.69) is 11.2 Å². The standard InChI is InChI=1S/C13H19N3O/c1-5-6-10(4)15-13(17)12-7-11(14)8-16(12)9(2)3/h1,7-10H,6,14H2,2-4H3,(H,15,17). The van der Waals surface area contributed by atoms with Crippen LogP contribution in [-0.4, -0.2) is 16.5 Å². The van der Waals surface area contributed by atoms with Crippen LogP contribution in [0.5, 0.6) is 0 Å². The second-order valence-corrected chi connectivity index (χ2v) is 4.44. The Labute approximate surface area is 102 Å². The van der Waals surface area contributed by atoms with Gasteiger partial charge in [0.1, 0.15) is 5.69 Å². The summed E-state index contributed by atoms with van der Waals surface area (Å²) in [4.78, 5) is 12.0. The molecule has 1 rings (SSSR count). The van der Waals surface area contributed by atoms with Crippen molar-refractivity contribution < 1.29 is 4.79 Å². The maximum atomic E-state index is 12.0. The number of nitrogens with one attached hydrogen (secondary N) is 1. The lowest BCUT2D eigenvalue weighted by Gasteiger charge is -2.15. The molecule has 0 radical (unpaired) electrons. The molecule has 1 unspecified atom stereocenters. The smallest absolute Gasteiger partial charge is 0.268 e. The van der Waals surface area contributed by atoms with Crippen LogP contribution in [0.1, 0.15) is 43.7 Å². The lowest BCUT2D eigenvalue weighted by atomic mass is 10.2. The van der Waals surface area contributed by atoms with Crippen LogP contribution in [0.15, 0.2) is 12.3 Å². The summed E-state index contributed by atoms with van der Waals surface area (Å²) in [5.74, 6) is 2.38. The minimum absolute atomic E-state index is 0.0377. The van der Waals surface area contributed by atoms with Crippen molar-refractivity contribution in [1.82, 2.24) is 9.88 Å². The van der Waals surface area contributed by atoms with Crippen molar-refractivity contribution in [3.63, 3.8) is 0 Å². The molecule has 0 aliphatic heterocycles. The maximum absolute atomic E-state index is 12.0. The minimum atomic E-state index is -0.141. The van der Waals surface area contributed by atoms with Crippen LogP contribution < -0.4 is 11.1 Å². The van der Waals surface area contributed by atoms with Gasteiger partial charge in [-0.2, -0.15) is 0 Å². The van der Waals surface area contributed by atoms with Crippen LogP contribution in [0.4, 0.5) is 5.69 Å². The van der Waals surface area contributed by atoms with E-state index < -0.39 is 0 Å². The first-order chi connectivity index (χ1) is 7.95. The van der Waals surface area contributed by atoms with Crippen molar-refractivity contribution in [2.24, 2.45) is 0 Å². The van der Waals surface area contributed by atoms with E-state index >= 15 is 0 Å². The number of nitrogen functional groups attached to an aromatic ring is 1. The fourth-order valence-electron chi connectivity index (χ4n) is 1.64. The Balaban J connectivity index is 2.85. The summed E-state index contributed by atoms with van der Waals surface area (Å²) in [5, 5.41) is 2.85. The average Bonchev–Trinajstić information content (AvgIpc) is 2.60. The van der Waals surface area contributed by atoms with Crippen LogP contribution >= 0.6 is 0 Å². The van der Waals surface area contributed by atoms with Crippen molar-refractivity contribution in [2.45, 2.75) is 39.3 Å². The zero-order chi connectivity index (χ0) is 13.0. The molecule has 0 saturated carbocycles. The van der Waals surface area contributed by atoms with Crippen LogP contribution in [0.25, 0.3) is 0 Å².